The molecule has 2 heterocycles. The molecule has 0 spiro atoms. The second kappa shape index (κ2) is 7.70. The van der Waals surface area contributed by atoms with E-state index < -0.39 is 0 Å². The van der Waals surface area contributed by atoms with Gasteiger partial charge in [-0.05, 0) is 18.2 Å². The topological polar surface area (TPSA) is 66.6 Å². The van der Waals surface area contributed by atoms with Gasteiger partial charge >= 0.3 is 0 Å². The van der Waals surface area contributed by atoms with Crippen LogP contribution in [-0.2, 0) is 4.79 Å². The van der Waals surface area contributed by atoms with Crippen LogP contribution in [0.15, 0.2) is 43.2 Å². The van der Waals surface area contributed by atoms with Crippen molar-refractivity contribution >= 4 is 11.6 Å². The Balaban J connectivity index is 1.72. The number of H-pyrrole nitrogens is 1. The minimum atomic E-state index is -0.143. The predicted octanol–water partition coefficient (Wildman–Crippen LogP) is 1.92. The lowest BCUT2D eigenvalue weighted by molar-refractivity contribution is -0.117. The molecular formula is C20H21N3O3. The molecular weight excluding hydrogens is 330 g/mol. The number of carbonyl (C=O) groups is 1. The number of aromatic amines is 1. The average molecular weight is 351 g/mol. The van der Waals surface area contributed by atoms with Gasteiger partial charge < -0.3 is 24.7 Å². The zero-order chi connectivity index (χ0) is 18.5. The molecule has 1 aromatic heterocycles. The smallest absolute Gasteiger partial charge is 0.243 e. The van der Waals surface area contributed by atoms with Crippen molar-refractivity contribution in [2.45, 2.75) is 6.04 Å². The van der Waals surface area contributed by atoms with Crippen LogP contribution < -0.4 is 19.7 Å². The maximum absolute atomic E-state index is 11.3. The van der Waals surface area contributed by atoms with Gasteiger partial charge in [0.05, 0.1) is 31.5 Å². The normalized spacial score (nSPS) is 13.2. The molecule has 0 bridgehead atoms. The highest BCUT2D eigenvalue weighted by Crippen LogP contribution is 2.25. The molecule has 2 N–H and O–H groups in total. The molecule has 6 nitrogen and oxygen atoms in total. The van der Waals surface area contributed by atoms with E-state index in [1.54, 1.807) is 14.2 Å². The standard InChI is InChI=1S/C20H21N3O3/c1-4-20(24)22-16-12-23(13-16)19-11-21-10-15(19)6-5-14-7-17(25-2)9-18(8-14)26-3/h4,7-11,16,21H,1,12-13H2,2-3H3,(H,22,24). The summed E-state index contributed by atoms with van der Waals surface area (Å²) < 4.78 is 10.5. The Morgan fingerprint density at radius 2 is 1.92 bits per heavy atom. The van der Waals surface area contributed by atoms with Crippen LogP contribution >= 0.6 is 0 Å². The van der Waals surface area contributed by atoms with E-state index in [0.29, 0.717) is 11.5 Å². The number of carbonyl (C=O) groups excluding carboxylic acids is 1. The number of ether oxygens (including phenoxy) is 2. The molecule has 0 atom stereocenters. The molecule has 1 aromatic carbocycles. The number of methoxy groups -OCH3 is 2. The van der Waals surface area contributed by atoms with Crippen LogP contribution in [0.3, 0.4) is 0 Å². The molecule has 1 amide bonds. The van der Waals surface area contributed by atoms with Crippen molar-refractivity contribution in [3.63, 3.8) is 0 Å². The largest absolute Gasteiger partial charge is 0.497 e. The Bertz CT molecular complexity index is 848. The van der Waals surface area contributed by atoms with Crippen LogP contribution in [-0.4, -0.2) is 44.2 Å². The van der Waals surface area contributed by atoms with E-state index in [1.165, 1.54) is 6.08 Å². The summed E-state index contributed by atoms with van der Waals surface area (Å²) in [7, 11) is 3.23. The second-order valence-corrected chi connectivity index (χ2v) is 5.92. The van der Waals surface area contributed by atoms with Gasteiger partial charge in [-0.15, -0.1) is 0 Å². The van der Waals surface area contributed by atoms with Crippen molar-refractivity contribution < 1.29 is 14.3 Å². The summed E-state index contributed by atoms with van der Waals surface area (Å²) in [6.07, 6.45) is 5.08. The number of amides is 1. The van der Waals surface area contributed by atoms with Crippen molar-refractivity contribution in [1.82, 2.24) is 10.3 Å². The van der Waals surface area contributed by atoms with E-state index in [2.05, 4.69) is 33.6 Å². The third kappa shape index (κ3) is 3.83. The third-order valence-corrected chi connectivity index (χ3v) is 4.17. The van der Waals surface area contributed by atoms with Gasteiger partial charge in [0.2, 0.25) is 5.91 Å². The number of hydrogen-bond donors (Lipinski definition) is 2. The highest BCUT2D eigenvalue weighted by molar-refractivity contribution is 5.87. The summed E-state index contributed by atoms with van der Waals surface area (Å²) >= 11 is 0. The molecule has 1 aliphatic rings. The minimum Gasteiger partial charge on any atom is -0.497 e. The van der Waals surface area contributed by atoms with Crippen LogP contribution in [0.2, 0.25) is 0 Å². The maximum atomic E-state index is 11.3. The van der Waals surface area contributed by atoms with Crippen LogP contribution in [0.25, 0.3) is 0 Å². The quantitative estimate of drug-likeness (QED) is 0.638. The molecule has 0 radical (unpaired) electrons. The Hall–Kier alpha value is -3.33. The molecule has 0 saturated carbocycles. The molecule has 2 aromatic rings. The lowest BCUT2D eigenvalue weighted by Gasteiger charge is -2.40. The molecule has 0 unspecified atom stereocenters. The zero-order valence-corrected chi connectivity index (χ0v) is 14.8. The van der Waals surface area contributed by atoms with Crippen LogP contribution in [0, 0.1) is 11.8 Å². The van der Waals surface area contributed by atoms with Crippen molar-refractivity contribution in [2.75, 3.05) is 32.2 Å². The number of benzene rings is 1. The number of hydrogen-bond acceptors (Lipinski definition) is 4. The van der Waals surface area contributed by atoms with Gasteiger partial charge in [-0.25, -0.2) is 0 Å². The molecule has 1 saturated heterocycles. The lowest BCUT2D eigenvalue weighted by Crippen LogP contribution is -2.59. The van der Waals surface area contributed by atoms with Gasteiger partial charge in [0, 0.05) is 37.1 Å². The number of nitrogens with zero attached hydrogens (tertiary/aromatic N) is 1. The first-order valence-electron chi connectivity index (χ1n) is 8.22. The number of rotatable bonds is 5. The lowest BCUT2D eigenvalue weighted by atomic mass is 10.1. The van der Waals surface area contributed by atoms with E-state index in [-0.39, 0.29) is 11.9 Å². The van der Waals surface area contributed by atoms with Crippen LogP contribution in [0.4, 0.5) is 5.69 Å². The van der Waals surface area contributed by atoms with Crippen molar-refractivity contribution in [3.05, 3.63) is 54.4 Å². The van der Waals surface area contributed by atoms with Gasteiger partial charge in [-0.2, -0.15) is 0 Å². The van der Waals surface area contributed by atoms with E-state index in [1.807, 2.05) is 30.6 Å². The summed E-state index contributed by atoms with van der Waals surface area (Å²) in [6.45, 7) is 4.96. The first-order valence-corrected chi connectivity index (χ1v) is 8.22. The maximum Gasteiger partial charge on any atom is 0.243 e. The molecule has 1 aliphatic heterocycles. The van der Waals surface area contributed by atoms with Crippen molar-refractivity contribution in [2.24, 2.45) is 0 Å². The van der Waals surface area contributed by atoms with Crippen LogP contribution in [0.5, 0.6) is 11.5 Å². The van der Waals surface area contributed by atoms with Crippen molar-refractivity contribution in [3.8, 4) is 23.3 Å². The Morgan fingerprint density at radius 1 is 1.23 bits per heavy atom. The Labute approximate surface area is 152 Å². The summed E-state index contributed by atoms with van der Waals surface area (Å²) in [5.41, 5.74) is 2.74. The molecule has 26 heavy (non-hydrogen) atoms. The number of nitrogens with one attached hydrogen (secondary N) is 2. The highest BCUT2D eigenvalue weighted by Gasteiger charge is 2.29. The SMILES string of the molecule is C=CC(=O)NC1CN(c2c[nH]cc2C#Cc2cc(OC)cc(OC)c2)C1. The minimum absolute atomic E-state index is 0.138. The zero-order valence-electron chi connectivity index (χ0n) is 14.8. The van der Waals surface area contributed by atoms with E-state index in [9.17, 15) is 4.79 Å². The van der Waals surface area contributed by atoms with E-state index in [0.717, 1.165) is 29.9 Å². The summed E-state index contributed by atoms with van der Waals surface area (Å²) in [5.74, 6) is 7.60. The first kappa shape index (κ1) is 17.5. The van der Waals surface area contributed by atoms with Crippen molar-refractivity contribution in [1.29, 1.82) is 0 Å². The summed E-state index contributed by atoms with van der Waals surface area (Å²) in [5, 5.41) is 2.89. The van der Waals surface area contributed by atoms with Gasteiger partial charge in [-0.1, -0.05) is 18.4 Å². The number of aromatic nitrogens is 1. The highest BCUT2D eigenvalue weighted by atomic mass is 16.5. The Kier molecular flexibility index (Phi) is 5.18. The number of anilines is 1. The molecule has 1 fully saturated rings. The van der Waals surface area contributed by atoms with E-state index >= 15 is 0 Å². The molecule has 3 rings (SSSR count). The van der Waals surface area contributed by atoms with Gasteiger partial charge in [-0.3, -0.25) is 4.79 Å². The summed E-state index contributed by atoms with van der Waals surface area (Å²) in [4.78, 5) is 16.6. The fourth-order valence-corrected chi connectivity index (χ4v) is 2.76. The third-order valence-electron chi connectivity index (χ3n) is 4.17. The molecule has 134 valence electrons. The van der Waals surface area contributed by atoms with Crippen LogP contribution in [0.1, 0.15) is 11.1 Å². The fraction of sp³-hybridized carbons (Fsp3) is 0.250. The monoisotopic (exact) mass is 351 g/mol. The molecule has 6 heteroatoms. The molecule has 0 aliphatic carbocycles. The van der Waals surface area contributed by atoms with Gasteiger partial charge in [0.25, 0.3) is 0 Å². The first-order chi connectivity index (χ1) is 12.6. The Morgan fingerprint density at radius 3 is 2.54 bits per heavy atom. The average Bonchev–Trinajstić information content (AvgIpc) is 3.09. The van der Waals surface area contributed by atoms with E-state index in [4.69, 9.17) is 9.47 Å². The second-order valence-electron chi connectivity index (χ2n) is 5.92. The van der Waals surface area contributed by atoms with Gasteiger partial charge in [0.1, 0.15) is 11.5 Å². The predicted molar refractivity (Wildman–Crippen MR) is 101 cm³/mol. The van der Waals surface area contributed by atoms with Gasteiger partial charge in [0.15, 0.2) is 0 Å². The summed E-state index contributed by atoms with van der Waals surface area (Å²) in [6, 6.07) is 5.68. The fourth-order valence-electron chi connectivity index (χ4n) is 2.76.